The molecule has 2 saturated heterocycles. The van der Waals surface area contributed by atoms with E-state index in [-0.39, 0.29) is 24.0 Å². The summed E-state index contributed by atoms with van der Waals surface area (Å²) in [5.74, 6) is 1.54. The number of piperidine rings is 1. The van der Waals surface area contributed by atoms with Gasteiger partial charge in [0.25, 0.3) is 0 Å². The molecule has 2 fully saturated rings. The second-order valence-corrected chi connectivity index (χ2v) is 11.7. The predicted octanol–water partition coefficient (Wildman–Crippen LogP) is 5.23. The molecule has 2 heterocycles. The largest absolute Gasteiger partial charge is 0.493 e. The first-order valence-electron chi connectivity index (χ1n) is 12.6. The maximum Gasteiger partial charge on any atom is 0.247 e. The molecule has 0 radical (unpaired) electrons. The predicted molar refractivity (Wildman–Crippen MR) is 155 cm³/mol. The summed E-state index contributed by atoms with van der Waals surface area (Å²) in [4.78, 5) is 42.0. The van der Waals surface area contributed by atoms with Crippen LogP contribution in [-0.4, -0.2) is 59.4 Å². The molecule has 0 saturated carbocycles. The Morgan fingerprint density at radius 3 is 2.29 bits per heavy atom. The fourth-order valence-corrected chi connectivity index (χ4v) is 6.45. The zero-order chi connectivity index (χ0) is 27.4. The lowest BCUT2D eigenvalue weighted by Gasteiger charge is -2.36. The van der Waals surface area contributed by atoms with Crippen molar-refractivity contribution in [1.29, 1.82) is 0 Å². The van der Waals surface area contributed by atoms with Crippen LogP contribution in [0.2, 0.25) is 0 Å². The first-order valence-corrected chi connectivity index (χ1v) is 13.9. The lowest BCUT2D eigenvalue weighted by molar-refractivity contribution is -0.121. The first-order chi connectivity index (χ1) is 18.2. The minimum absolute atomic E-state index is 0.108. The van der Waals surface area contributed by atoms with E-state index in [0.717, 1.165) is 18.7 Å². The number of thiocarbonyl (C=S) groups is 1. The van der Waals surface area contributed by atoms with Crippen molar-refractivity contribution >= 4 is 57.7 Å². The smallest absolute Gasteiger partial charge is 0.247 e. The van der Waals surface area contributed by atoms with Crippen LogP contribution in [0.15, 0.2) is 48.5 Å². The third-order valence-corrected chi connectivity index (χ3v) is 8.38. The molecule has 2 amide bonds. The quantitative estimate of drug-likeness (QED) is 0.200. The topological polar surface area (TPSA) is 76.2 Å². The fraction of sp³-hybridized carbons (Fsp3) is 0.379. The van der Waals surface area contributed by atoms with Crippen molar-refractivity contribution < 1.29 is 23.9 Å². The summed E-state index contributed by atoms with van der Waals surface area (Å²) in [6, 6.07) is 11.9. The van der Waals surface area contributed by atoms with Gasteiger partial charge in [0.2, 0.25) is 11.8 Å². The molecule has 2 aliphatic heterocycles. The van der Waals surface area contributed by atoms with Crippen molar-refractivity contribution in [2.24, 2.45) is 11.8 Å². The number of amides is 2. The summed E-state index contributed by atoms with van der Waals surface area (Å²) < 4.78 is 11.2. The van der Waals surface area contributed by atoms with Gasteiger partial charge in [-0.25, -0.2) is 4.90 Å². The number of ether oxygens (including phenoxy) is 2. The second kappa shape index (κ2) is 12.1. The molecule has 0 N–H and O–H groups in total. The normalized spacial score (nSPS) is 21.7. The maximum atomic E-state index is 13.1. The fourth-order valence-electron chi connectivity index (χ4n) is 4.98. The Morgan fingerprint density at radius 2 is 1.66 bits per heavy atom. The summed E-state index contributed by atoms with van der Waals surface area (Å²) in [6.07, 6.45) is 4.44. The number of rotatable bonds is 7. The Bertz CT molecular complexity index is 1250. The summed E-state index contributed by atoms with van der Waals surface area (Å²) in [5.41, 5.74) is 1.69. The molecule has 2 aromatic carbocycles. The van der Waals surface area contributed by atoms with Crippen LogP contribution in [-0.2, 0) is 9.59 Å². The van der Waals surface area contributed by atoms with E-state index >= 15 is 0 Å². The highest BCUT2D eigenvalue weighted by atomic mass is 32.2. The highest BCUT2D eigenvalue weighted by molar-refractivity contribution is 8.23. The molecular weight excluding hydrogens is 520 g/mol. The number of hydrogen-bond acceptors (Lipinski definition) is 7. The molecule has 0 aliphatic carbocycles. The average Bonchev–Trinajstić information content (AvgIpc) is 3.18. The molecule has 2 aromatic rings. The van der Waals surface area contributed by atoms with E-state index in [4.69, 9.17) is 21.7 Å². The van der Waals surface area contributed by atoms with Crippen molar-refractivity contribution in [2.75, 3.05) is 32.2 Å². The molecule has 2 aliphatic rings. The third kappa shape index (κ3) is 6.27. The monoisotopic (exact) mass is 552 g/mol. The van der Waals surface area contributed by atoms with E-state index in [2.05, 4.69) is 18.7 Å². The van der Waals surface area contributed by atoms with Gasteiger partial charge in [0, 0.05) is 25.1 Å². The Labute approximate surface area is 233 Å². The van der Waals surface area contributed by atoms with Crippen molar-refractivity contribution in [3.63, 3.8) is 0 Å². The van der Waals surface area contributed by atoms with Crippen molar-refractivity contribution in [3.05, 3.63) is 59.7 Å². The van der Waals surface area contributed by atoms with Gasteiger partial charge in [0.15, 0.2) is 17.3 Å². The molecule has 38 heavy (non-hydrogen) atoms. The van der Waals surface area contributed by atoms with E-state index in [1.165, 1.54) is 29.2 Å². The highest BCUT2D eigenvalue weighted by Gasteiger charge is 2.41. The Kier molecular flexibility index (Phi) is 8.89. The molecule has 0 spiro atoms. The number of thioether (sulfide) groups is 1. The van der Waals surface area contributed by atoms with Gasteiger partial charge in [0.05, 0.1) is 19.9 Å². The summed E-state index contributed by atoms with van der Waals surface area (Å²) in [7, 11) is 3.12. The van der Waals surface area contributed by atoms with Crippen LogP contribution in [0, 0.1) is 11.8 Å². The van der Waals surface area contributed by atoms with Gasteiger partial charge in [-0.3, -0.25) is 14.4 Å². The van der Waals surface area contributed by atoms with E-state index < -0.39 is 5.25 Å². The van der Waals surface area contributed by atoms with Gasteiger partial charge in [0.1, 0.15) is 9.57 Å². The lowest BCUT2D eigenvalue weighted by Crippen LogP contribution is -2.41. The molecule has 0 aromatic heterocycles. The maximum absolute atomic E-state index is 13.1. The number of carbonyl (C=O) groups is 3. The van der Waals surface area contributed by atoms with Gasteiger partial charge in [-0.15, -0.1) is 0 Å². The summed E-state index contributed by atoms with van der Waals surface area (Å²) in [6.45, 7) is 6.18. The molecule has 3 atom stereocenters. The number of methoxy groups -OCH3 is 2. The standard InChI is InChI=1S/C29H32N2O5S2/c1-18-13-19(2)17-30(16-18)29(37)38-26-15-27(33)31(28(26)34)22-9-7-21(8-10-22)23(32)11-5-20-6-12-24(35-3)25(14-20)36-4/h5-12,14,18-19,26H,13,15-17H2,1-4H3/b11-5+/t18-,19+,26-/m1/s1. The first kappa shape index (κ1) is 27.9. The number of anilines is 1. The van der Waals surface area contributed by atoms with Crippen LogP contribution in [0.3, 0.4) is 0 Å². The Morgan fingerprint density at radius 1 is 1.00 bits per heavy atom. The number of carbonyl (C=O) groups excluding carboxylic acids is 3. The van der Waals surface area contributed by atoms with Gasteiger partial charge < -0.3 is 14.4 Å². The van der Waals surface area contributed by atoms with Gasteiger partial charge >= 0.3 is 0 Å². The second-order valence-electron chi connectivity index (χ2n) is 9.85. The minimum Gasteiger partial charge on any atom is -0.493 e. The molecule has 4 rings (SSSR count). The summed E-state index contributed by atoms with van der Waals surface area (Å²) >= 11 is 6.96. The number of nitrogens with zero attached hydrogens (tertiary/aromatic N) is 2. The number of likely N-dealkylation sites (tertiary alicyclic amines) is 1. The van der Waals surface area contributed by atoms with Crippen molar-refractivity contribution in [2.45, 2.75) is 31.9 Å². The number of hydrogen-bond donors (Lipinski definition) is 0. The van der Waals surface area contributed by atoms with E-state index in [9.17, 15) is 14.4 Å². The van der Waals surface area contributed by atoms with E-state index in [1.54, 1.807) is 56.7 Å². The SMILES string of the molecule is COc1ccc(/C=C/C(=O)c2ccc(N3C(=O)C[C@@H](SC(=S)N4C[C@H](C)C[C@H](C)C4)C3=O)cc2)cc1OC. The zero-order valence-corrected chi connectivity index (χ0v) is 23.6. The molecular formula is C29H32N2O5S2. The average molecular weight is 553 g/mol. The van der Waals surface area contributed by atoms with Gasteiger partial charge in [-0.1, -0.05) is 50.0 Å². The zero-order valence-electron chi connectivity index (χ0n) is 22.0. The van der Waals surface area contributed by atoms with Crippen LogP contribution in [0.1, 0.15) is 42.6 Å². The van der Waals surface area contributed by atoms with E-state index in [0.29, 0.717) is 38.9 Å². The third-order valence-electron chi connectivity index (χ3n) is 6.72. The van der Waals surface area contributed by atoms with Crippen LogP contribution in [0.4, 0.5) is 5.69 Å². The summed E-state index contributed by atoms with van der Waals surface area (Å²) in [5, 5.41) is -0.534. The van der Waals surface area contributed by atoms with Crippen LogP contribution in [0.25, 0.3) is 6.08 Å². The van der Waals surface area contributed by atoms with Gasteiger partial charge in [-0.05, 0) is 66.3 Å². The van der Waals surface area contributed by atoms with Gasteiger partial charge in [-0.2, -0.15) is 0 Å². The molecule has 0 unspecified atom stereocenters. The minimum atomic E-state index is -0.534. The van der Waals surface area contributed by atoms with Crippen molar-refractivity contribution in [1.82, 2.24) is 4.90 Å². The molecule has 9 heteroatoms. The molecule has 0 bridgehead atoms. The van der Waals surface area contributed by atoms with Crippen molar-refractivity contribution in [3.8, 4) is 11.5 Å². The van der Waals surface area contributed by atoms with Crippen LogP contribution < -0.4 is 14.4 Å². The van der Waals surface area contributed by atoms with Crippen LogP contribution in [0.5, 0.6) is 11.5 Å². The number of imide groups is 1. The highest BCUT2D eigenvalue weighted by Crippen LogP contribution is 2.33. The van der Waals surface area contributed by atoms with E-state index in [1.807, 2.05) is 6.07 Å². The number of benzene rings is 2. The Hall–Kier alpha value is -3.17. The Balaban J connectivity index is 1.39. The molecule has 7 nitrogen and oxygen atoms in total. The number of allylic oxidation sites excluding steroid dienone is 1. The lowest BCUT2D eigenvalue weighted by atomic mass is 9.92. The van der Waals surface area contributed by atoms with Crippen LogP contribution >= 0.6 is 24.0 Å². The molecule has 200 valence electrons. The number of ketones is 1.